The summed E-state index contributed by atoms with van der Waals surface area (Å²) in [4.78, 5) is 16.4. The quantitative estimate of drug-likeness (QED) is 0.570. The highest BCUT2D eigenvalue weighted by molar-refractivity contribution is 9.10. The Kier molecular flexibility index (Phi) is 4.82. The lowest BCUT2D eigenvalue weighted by atomic mass is 10.1. The standard InChI is InChI=1S/C14H14BrClN4O/c1-7-5-9(15)6-8(2)12(7)19-14(21)13-10(16)3-4-11(18-13)20-17/h3-6H,17H2,1-2H3,(H,18,20)(H,19,21). The minimum Gasteiger partial charge on any atom is -0.320 e. The van der Waals surface area contributed by atoms with Gasteiger partial charge in [-0.25, -0.2) is 10.8 Å². The Labute approximate surface area is 136 Å². The summed E-state index contributed by atoms with van der Waals surface area (Å²) >= 11 is 9.44. The second kappa shape index (κ2) is 6.43. The van der Waals surface area contributed by atoms with Gasteiger partial charge in [0, 0.05) is 10.2 Å². The van der Waals surface area contributed by atoms with Crippen molar-refractivity contribution in [2.45, 2.75) is 13.8 Å². The van der Waals surface area contributed by atoms with Gasteiger partial charge >= 0.3 is 0 Å². The third kappa shape index (κ3) is 3.53. The number of carbonyl (C=O) groups excluding carboxylic acids is 1. The van der Waals surface area contributed by atoms with Gasteiger partial charge in [-0.3, -0.25) is 4.79 Å². The molecule has 2 aromatic rings. The topological polar surface area (TPSA) is 80.0 Å². The van der Waals surface area contributed by atoms with E-state index in [4.69, 9.17) is 17.4 Å². The number of rotatable bonds is 3. The van der Waals surface area contributed by atoms with Gasteiger partial charge in [-0.05, 0) is 49.2 Å². The zero-order valence-electron chi connectivity index (χ0n) is 11.5. The summed E-state index contributed by atoms with van der Waals surface area (Å²) in [6.07, 6.45) is 0. The van der Waals surface area contributed by atoms with Crippen LogP contribution in [0, 0.1) is 13.8 Å². The first-order valence-corrected chi connectivity index (χ1v) is 7.30. The van der Waals surface area contributed by atoms with E-state index in [9.17, 15) is 4.79 Å². The zero-order chi connectivity index (χ0) is 15.6. The van der Waals surface area contributed by atoms with Crippen molar-refractivity contribution in [1.82, 2.24) is 4.98 Å². The second-order valence-corrected chi connectivity index (χ2v) is 5.86. The largest absolute Gasteiger partial charge is 0.320 e. The van der Waals surface area contributed by atoms with Gasteiger partial charge in [-0.15, -0.1) is 0 Å². The van der Waals surface area contributed by atoms with E-state index in [1.165, 1.54) is 0 Å². The van der Waals surface area contributed by atoms with E-state index in [0.717, 1.165) is 21.3 Å². The van der Waals surface area contributed by atoms with Gasteiger partial charge in [0.05, 0.1) is 5.02 Å². The molecule has 0 aliphatic carbocycles. The number of nitrogen functional groups attached to an aromatic ring is 1. The molecule has 1 aromatic heterocycles. The average Bonchev–Trinajstić information content (AvgIpc) is 2.43. The minimum absolute atomic E-state index is 0.119. The summed E-state index contributed by atoms with van der Waals surface area (Å²) in [7, 11) is 0. The van der Waals surface area contributed by atoms with Crippen molar-refractivity contribution in [2.24, 2.45) is 5.84 Å². The molecule has 21 heavy (non-hydrogen) atoms. The number of pyridine rings is 1. The number of aryl methyl sites for hydroxylation is 2. The van der Waals surface area contributed by atoms with Crippen LogP contribution in [-0.4, -0.2) is 10.9 Å². The van der Waals surface area contributed by atoms with E-state index >= 15 is 0 Å². The van der Waals surface area contributed by atoms with Crippen LogP contribution in [0.2, 0.25) is 5.02 Å². The fourth-order valence-electron chi connectivity index (χ4n) is 1.96. The molecule has 0 fully saturated rings. The molecule has 0 saturated heterocycles. The Hall–Kier alpha value is -1.63. The van der Waals surface area contributed by atoms with Crippen LogP contribution in [0.15, 0.2) is 28.7 Å². The first-order chi connectivity index (χ1) is 9.92. The molecule has 0 atom stereocenters. The van der Waals surface area contributed by atoms with Crippen molar-refractivity contribution in [2.75, 3.05) is 10.7 Å². The van der Waals surface area contributed by atoms with Crippen LogP contribution in [0.5, 0.6) is 0 Å². The maximum atomic E-state index is 12.4. The molecular formula is C14H14BrClN4O. The first kappa shape index (κ1) is 15.8. The van der Waals surface area contributed by atoms with E-state index in [-0.39, 0.29) is 16.6 Å². The predicted molar refractivity (Wildman–Crippen MR) is 88.6 cm³/mol. The first-order valence-electron chi connectivity index (χ1n) is 6.13. The summed E-state index contributed by atoms with van der Waals surface area (Å²) in [5, 5.41) is 3.10. The zero-order valence-corrected chi connectivity index (χ0v) is 13.8. The van der Waals surface area contributed by atoms with Gasteiger partial charge in [0.25, 0.3) is 5.91 Å². The Morgan fingerprint density at radius 2 is 1.90 bits per heavy atom. The number of hydrazine groups is 1. The lowest BCUT2D eigenvalue weighted by molar-refractivity contribution is 0.102. The third-order valence-corrected chi connectivity index (χ3v) is 3.71. The predicted octanol–water partition coefficient (Wildman–Crippen LogP) is 3.65. The van der Waals surface area contributed by atoms with Crippen LogP contribution in [0.1, 0.15) is 21.6 Å². The Balaban J connectivity index is 2.35. The molecule has 0 unspecified atom stereocenters. The van der Waals surface area contributed by atoms with E-state index in [0.29, 0.717) is 5.82 Å². The van der Waals surface area contributed by atoms with Crippen LogP contribution >= 0.6 is 27.5 Å². The van der Waals surface area contributed by atoms with Gasteiger partial charge in [-0.1, -0.05) is 27.5 Å². The van der Waals surface area contributed by atoms with E-state index in [2.05, 4.69) is 31.7 Å². The highest BCUT2D eigenvalue weighted by Gasteiger charge is 2.15. The molecule has 1 amide bonds. The molecule has 0 spiro atoms. The normalized spacial score (nSPS) is 10.3. The van der Waals surface area contributed by atoms with E-state index < -0.39 is 0 Å². The van der Waals surface area contributed by atoms with Crippen molar-refractivity contribution in [3.05, 3.63) is 50.6 Å². The molecule has 1 heterocycles. The minimum atomic E-state index is -0.384. The molecule has 0 aliphatic rings. The summed E-state index contributed by atoms with van der Waals surface area (Å²) < 4.78 is 0.959. The smallest absolute Gasteiger partial charge is 0.275 e. The highest BCUT2D eigenvalue weighted by atomic mass is 79.9. The average molecular weight is 370 g/mol. The van der Waals surface area contributed by atoms with Crippen molar-refractivity contribution < 1.29 is 4.79 Å². The second-order valence-electron chi connectivity index (χ2n) is 4.54. The molecule has 4 N–H and O–H groups in total. The summed E-state index contributed by atoms with van der Waals surface area (Å²) in [5.74, 6) is 5.28. The number of hydrogen-bond acceptors (Lipinski definition) is 4. The van der Waals surface area contributed by atoms with Crippen LogP contribution in [0.4, 0.5) is 11.5 Å². The van der Waals surface area contributed by atoms with Gasteiger partial charge in [0.2, 0.25) is 0 Å². The van der Waals surface area contributed by atoms with Gasteiger partial charge in [0.1, 0.15) is 11.5 Å². The van der Waals surface area contributed by atoms with E-state index in [1.807, 2.05) is 26.0 Å². The number of amides is 1. The lowest BCUT2D eigenvalue weighted by Crippen LogP contribution is -2.18. The molecule has 0 aliphatic heterocycles. The van der Waals surface area contributed by atoms with Crippen LogP contribution < -0.4 is 16.6 Å². The number of aromatic nitrogens is 1. The van der Waals surface area contributed by atoms with E-state index in [1.54, 1.807) is 12.1 Å². The van der Waals surface area contributed by atoms with Crippen LogP contribution in [0.3, 0.4) is 0 Å². The van der Waals surface area contributed by atoms with Crippen LogP contribution in [-0.2, 0) is 0 Å². The molecule has 0 bridgehead atoms. The third-order valence-electron chi connectivity index (χ3n) is 2.94. The molecule has 0 radical (unpaired) electrons. The monoisotopic (exact) mass is 368 g/mol. The maximum Gasteiger partial charge on any atom is 0.275 e. The number of nitrogens with one attached hydrogen (secondary N) is 2. The molecular weight excluding hydrogens is 356 g/mol. The number of benzene rings is 1. The number of nitrogens with two attached hydrogens (primary N) is 1. The fraction of sp³-hybridized carbons (Fsp3) is 0.143. The molecule has 5 nitrogen and oxygen atoms in total. The lowest BCUT2D eigenvalue weighted by Gasteiger charge is -2.13. The van der Waals surface area contributed by atoms with Gasteiger partial charge in [0.15, 0.2) is 0 Å². The SMILES string of the molecule is Cc1cc(Br)cc(C)c1NC(=O)c1nc(NN)ccc1Cl. The molecule has 1 aromatic carbocycles. The molecule has 0 saturated carbocycles. The summed E-state index contributed by atoms with van der Waals surface area (Å²) in [6, 6.07) is 7.01. The highest BCUT2D eigenvalue weighted by Crippen LogP contribution is 2.26. The van der Waals surface area contributed by atoms with Crippen molar-refractivity contribution in [3.63, 3.8) is 0 Å². The van der Waals surface area contributed by atoms with Crippen molar-refractivity contribution in [1.29, 1.82) is 0 Å². The Morgan fingerprint density at radius 1 is 1.29 bits per heavy atom. The molecule has 7 heteroatoms. The number of halogens is 2. The van der Waals surface area contributed by atoms with Crippen LogP contribution in [0.25, 0.3) is 0 Å². The Morgan fingerprint density at radius 3 is 2.48 bits per heavy atom. The Bertz CT molecular complexity index is 682. The maximum absolute atomic E-state index is 12.4. The number of nitrogens with zero attached hydrogens (tertiary/aromatic N) is 1. The number of carbonyl (C=O) groups is 1. The van der Waals surface area contributed by atoms with Crippen molar-refractivity contribution >= 4 is 44.9 Å². The summed E-state index contributed by atoms with van der Waals surface area (Å²) in [5.41, 5.74) is 5.14. The fourth-order valence-corrected chi connectivity index (χ4v) is 2.84. The molecule has 110 valence electrons. The summed E-state index contributed by atoms with van der Waals surface area (Å²) in [6.45, 7) is 3.83. The van der Waals surface area contributed by atoms with Gasteiger partial charge in [-0.2, -0.15) is 0 Å². The van der Waals surface area contributed by atoms with Gasteiger partial charge < -0.3 is 10.7 Å². The van der Waals surface area contributed by atoms with Crippen molar-refractivity contribution in [3.8, 4) is 0 Å². The number of anilines is 2. The molecule has 2 rings (SSSR count). The number of hydrogen-bond donors (Lipinski definition) is 3.